The highest BCUT2D eigenvalue weighted by Crippen LogP contribution is 2.43. The highest BCUT2D eigenvalue weighted by atomic mass is 16.7. The molecule has 1 N–H and O–H groups in total. The fourth-order valence-electron chi connectivity index (χ4n) is 3.59. The first-order chi connectivity index (χ1) is 16.1. The Bertz CT molecular complexity index is 1270. The lowest BCUT2D eigenvalue weighted by Crippen LogP contribution is -2.06. The predicted octanol–water partition coefficient (Wildman–Crippen LogP) is 4.80. The van der Waals surface area contributed by atoms with E-state index >= 15 is 0 Å². The van der Waals surface area contributed by atoms with Crippen LogP contribution in [0.2, 0.25) is 0 Å². The zero-order chi connectivity index (χ0) is 22.9. The van der Waals surface area contributed by atoms with Crippen molar-refractivity contribution in [2.75, 3.05) is 13.6 Å². The Morgan fingerprint density at radius 3 is 2.30 bits per heavy atom. The van der Waals surface area contributed by atoms with Gasteiger partial charge in [0.25, 0.3) is 0 Å². The molecule has 9 heteroatoms. The molecule has 0 aromatic heterocycles. The van der Waals surface area contributed by atoms with Gasteiger partial charge in [-0.3, -0.25) is 4.79 Å². The first kappa shape index (κ1) is 20.5. The van der Waals surface area contributed by atoms with E-state index in [-0.39, 0.29) is 42.0 Å². The van der Waals surface area contributed by atoms with Crippen molar-refractivity contribution in [1.82, 2.24) is 0 Å². The molecule has 2 aliphatic rings. The molecule has 2 aliphatic heterocycles. The molecule has 0 atom stereocenters. The molecule has 0 saturated heterocycles. The molecule has 0 unspecified atom stereocenters. The average molecular weight is 450 g/mol. The number of hydrogen-bond acceptors (Lipinski definition) is 8. The maximum atomic E-state index is 12.3. The highest BCUT2D eigenvalue weighted by Gasteiger charge is 2.25. The molecule has 3 aromatic rings. The predicted molar refractivity (Wildman–Crippen MR) is 113 cm³/mol. The summed E-state index contributed by atoms with van der Waals surface area (Å²) in [6, 6.07) is 11.2. The van der Waals surface area contributed by atoms with E-state index in [1.54, 1.807) is 24.3 Å². The Kier molecular flexibility index (Phi) is 5.14. The van der Waals surface area contributed by atoms with Gasteiger partial charge in [-0.2, -0.15) is 0 Å². The van der Waals surface area contributed by atoms with E-state index in [2.05, 4.69) is 0 Å². The summed E-state index contributed by atoms with van der Waals surface area (Å²) in [5.41, 5.74) is 0.675. The van der Waals surface area contributed by atoms with Gasteiger partial charge in [0, 0.05) is 12.1 Å². The zero-order valence-corrected chi connectivity index (χ0v) is 17.5. The molecule has 5 rings (SSSR count). The largest absolute Gasteiger partial charge is 0.477 e. The van der Waals surface area contributed by atoms with Crippen molar-refractivity contribution in [1.29, 1.82) is 0 Å². The van der Waals surface area contributed by atoms with Crippen molar-refractivity contribution < 1.29 is 43.1 Å². The number of carboxylic acid groups (broad SMARTS) is 1. The normalized spacial score (nSPS) is 13.0. The van der Waals surface area contributed by atoms with Gasteiger partial charge in [-0.15, -0.1) is 0 Å². The minimum atomic E-state index is -1.25. The van der Waals surface area contributed by atoms with Crippen LogP contribution >= 0.6 is 0 Å². The Labute approximate surface area is 188 Å². The van der Waals surface area contributed by atoms with Crippen LogP contribution in [0.4, 0.5) is 0 Å². The number of hydrogen-bond donors (Lipinski definition) is 1. The number of ether oxygens (including phenoxy) is 6. The quantitative estimate of drug-likeness (QED) is 0.508. The molecule has 0 fully saturated rings. The number of rotatable bonds is 7. The van der Waals surface area contributed by atoms with Crippen LogP contribution in [0.15, 0.2) is 42.5 Å². The van der Waals surface area contributed by atoms with Crippen molar-refractivity contribution in [3.05, 3.63) is 59.2 Å². The van der Waals surface area contributed by atoms with Gasteiger partial charge in [-0.25, -0.2) is 4.79 Å². The number of aryl methyl sites for hydroxylation is 1. The Balaban J connectivity index is 1.57. The fraction of sp³-hybridized carbons (Fsp3) is 0.167. The summed E-state index contributed by atoms with van der Waals surface area (Å²) in [5.74, 6) is 1.31. The average Bonchev–Trinajstić information content (AvgIpc) is 3.47. The summed E-state index contributed by atoms with van der Waals surface area (Å²) in [6.45, 7) is 2.02. The summed E-state index contributed by atoms with van der Waals surface area (Å²) in [5, 5.41) is 10.0. The molecular weight excluding hydrogens is 432 g/mol. The molecule has 0 radical (unpaired) electrons. The number of benzene rings is 3. The minimum absolute atomic E-state index is 0.0115. The molecule has 168 valence electrons. The van der Waals surface area contributed by atoms with Crippen LogP contribution in [0.1, 0.15) is 33.2 Å². The first-order valence-electron chi connectivity index (χ1n) is 10.1. The van der Waals surface area contributed by atoms with Crippen LogP contribution in [-0.4, -0.2) is 30.9 Å². The molecule has 0 amide bonds. The number of carbonyl (C=O) groups excluding carboxylic acids is 1. The smallest absolute Gasteiger partial charge is 0.343 e. The number of aromatic carboxylic acids is 1. The van der Waals surface area contributed by atoms with E-state index in [9.17, 15) is 14.7 Å². The Hall–Kier alpha value is -4.40. The van der Waals surface area contributed by atoms with Crippen molar-refractivity contribution >= 4 is 12.3 Å². The topological polar surface area (TPSA) is 110 Å². The van der Waals surface area contributed by atoms with Gasteiger partial charge < -0.3 is 33.5 Å². The second-order valence-electron chi connectivity index (χ2n) is 7.17. The molecule has 0 saturated carbocycles. The van der Waals surface area contributed by atoms with E-state index in [0.717, 1.165) is 0 Å². The molecule has 3 aromatic carbocycles. The highest BCUT2D eigenvalue weighted by molar-refractivity contribution is 5.95. The van der Waals surface area contributed by atoms with Gasteiger partial charge in [0.05, 0.1) is 5.56 Å². The lowest BCUT2D eigenvalue weighted by Gasteiger charge is -2.17. The van der Waals surface area contributed by atoms with Crippen LogP contribution < -0.4 is 28.4 Å². The molecule has 33 heavy (non-hydrogen) atoms. The maximum absolute atomic E-state index is 12.3. The standard InChI is InChI=1S/C24H18O9/c1-2-13-3-5-17(33-18-9-21-19(29-12-31-21)7-14(18)10-25)22(24(26)27)23(13)32-15-4-6-16-20(8-15)30-11-28-16/h3-10H,2,11-12H2,1H3,(H,26,27). The van der Waals surface area contributed by atoms with E-state index in [1.807, 2.05) is 6.92 Å². The van der Waals surface area contributed by atoms with Crippen LogP contribution in [0.3, 0.4) is 0 Å². The van der Waals surface area contributed by atoms with Gasteiger partial charge in [0.15, 0.2) is 29.3 Å². The van der Waals surface area contributed by atoms with Crippen LogP contribution in [0, 0.1) is 0 Å². The lowest BCUT2D eigenvalue weighted by molar-refractivity contribution is 0.0691. The number of fused-ring (bicyclic) bond motifs is 2. The monoisotopic (exact) mass is 450 g/mol. The summed E-state index contributed by atoms with van der Waals surface area (Å²) in [7, 11) is 0. The van der Waals surface area contributed by atoms with Gasteiger partial charge in [0.2, 0.25) is 13.6 Å². The fourth-order valence-corrected chi connectivity index (χ4v) is 3.59. The van der Waals surface area contributed by atoms with Gasteiger partial charge in [0.1, 0.15) is 28.6 Å². The van der Waals surface area contributed by atoms with Crippen LogP contribution in [0.5, 0.6) is 46.0 Å². The van der Waals surface area contributed by atoms with E-state index in [4.69, 9.17) is 28.4 Å². The molecule has 9 nitrogen and oxygen atoms in total. The molecule has 0 aliphatic carbocycles. The summed E-state index contributed by atoms with van der Waals surface area (Å²) in [6.07, 6.45) is 1.12. The first-order valence-corrected chi connectivity index (χ1v) is 10.1. The van der Waals surface area contributed by atoms with Crippen LogP contribution in [-0.2, 0) is 6.42 Å². The second-order valence-corrected chi connectivity index (χ2v) is 7.17. The summed E-state index contributed by atoms with van der Waals surface area (Å²) < 4.78 is 33.2. The Morgan fingerprint density at radius 2 is 1.61 bits per heavy atom. The summed E-state index contributed by atoms with van der Waals surface area (Å²) >= 11 is 0. The maximum Gasteiger partial charge on any atom is 0.343 e. The molecule has 2 heterocycles. The molecule has 0 spiro atoms. The minimum Gasteiger partial charge on any atom is -0.477 e. The van der Waals surface area contributed by atoms with Gasteiger partial charge in [-0.05, 0) is 36.2 Å². The van der Waals surface area contributed by atoms with E-state index in [0.29, 0.717) is 47.0 Å². The van der Waals surface area contributed by atoms with Crippen molar-refractivity contribution in [2.24, 2.45) is 0 Å². The van der Waals surface area contributed by atoms with E-state index < -0.39 is 5.97 Å². The summed E-state index contributed by atoms with van der Waals surface area (Å²) in [4.78, 5) is 23.9. The number of carbonyl (C=O) groups is 2. The van der Waals surface area contributed by atoms with Gasteiger partial charge >= 0.3 is 5.97 Å². The third-order valence-electron chi connectivity index (χ3n) is 5.21. The van der Waals surface area contributed by atoms with Crippen molar-refractivity contribution in [2.45, 2.75) is 13.3 Å². The lowest BCUT2D eigenvalue weighted by atomic mass is 10.0. The van der Waals surface area contributed by atoms with Gasteiger partial charge in [-0.1, -0.05) is 13.0 Å². The van der Waals surface area contributed by atoms with Crippen LogP contribution in [0.25, 0.3) is 0 Å². The third-order valence-corrected chi connectivity index (χ3v) is 5.21. The SMILES string of the molecule is CCc1ccc(Oc2cc3c(cc2C=O)OCO3)c(C(=O)O)c1Oc1ccc2c(c1)OCO2. The Morgan fingerprint density at radius 1 is 0.909 bits per heavy atom. The molecule has 0 bridgehead atoms. The third kappa shape index (κ3) is 3.73. The van der Waals surface area contributed by atoms with E-state index in [1.165, 1.54) is 18.2 Å². The molecular formula is C24H18O9. The number of carboxylic acids is 1. The zero-order valence-electron chi connectivity index (χ0n) is 17.5. The number of aldehydes is 1. The van der Waals surface area contributed by atoms with Crippen molar-refractivity contribution in [3.8, 4) is 46.0 Å². The van der Waals surface area contributed by atoms with Crippen molar-refractivity contribution in [3.63, 3.8) is 0 Å². The second kappa shape index (κ2) is 8.27.